The molecule has 2 nitrogen and oxygen atoms in total. The van der Waals surface area contributed by atoms with Gasteiger partial charge < -0.3 is 10.5 Å². The van der Waals surface area contributed by atoms with Crippen molar-refractivity contribution in [1.82, 2.24) is 0 Å². The Labute approximate surface area is 98.8 Å². The van der Waals surface area contributed by atoms with Crippen LogP contribution in [0, 0.1) is 13.8 Å². The summed E-state index contributed by atoms with van der Waals surface area (Å²) in [6, 6.07) is 6.66. The monoisotopic (exact) mass is 221 g/mol. The van der Waals surface area contributed by atoms with E-state index in [1.165, 1.54) is 16.7 Å². The molecular formula is C14H23NO. The summed E-state index contributed by atoms with van der Waals surface area (Å²) in [7, 11) is 0. The molecule has 90 valence electrons. The highest BCUT2D eigenvalue weighted by Crippen LogP contribution is 2.10. The lowest BCUT2D eigenvalue weighted by molar-refractivity contribution is 0.0684. The van der Waals surface area contributed by atoms with E-state index >= 15 is 0 Å². The lowest BCUT2D eigenvalue weighted by Gasteiger charge is -2.15. The van der Waals surface area contributed by atoms with Crippen LogP contribution in [0.5, 0.6) is 0 Å². The molecule has 0 aromatic heterocycles. The molecule has 2 heteroatoms. The van der Waals surface area contributed by atoms with Crippen molar-refractivity contribution < 1.29 is 4.74 Å². The third-order valence-corrected chi connectivity index (χ3v) is 2.42. The van der Waals surface area contributed by atoms with Crippen molar-refractivity contribution in [3.63, 3.8) is 0 Å². The molecule has 0 aliphatic carbocycles. The molecule has 0 heterocycles. The summed E-state index contributed by atoms with van der Waals surface area (Å²) in [6.07, 6.45) is 1.14. The van der Waals surface area contributed by atoms with Crippen LogP contribution in [0.2, 0.25) is 0 Å². The lowest BCUT2D eigenvalue weighted by Crippen LogP contribution is -2.30. The lowest BCUT2D eigenvalue weighted by atomic mass is 10.0. The second-order valence-corrected chi connectivity index (χ2v) is 4.84. The molecule has 0 aliphatic rings. The summed E-state index contributed by atoms with van der Waals surface area (Å²) >= 11 is 0. The van der Waals surface area contributed by atoms with E-state index < -0.39 is 0 Å². The van der Waals surface area contributed by atoms with Gasteiger partial charge in [0.2, 0.25) is 0 Å². The van der Waals surface area contributed by atoms with Gasteiger partial charge in [-0.3, -0.25) is 0 Å². The summed E-state index contributed by atoms with van der Waals surface area (Å²) in [4.78, 5) is 0. The predicted molar refractivity (Wildman–Crippen MR) is 68.7 cm³/mol. The molecule has 1 rings (SSSR count). The topological polar surface area (TPSA) is 35.2 Å². The highest BCUT2D eigenvalue weighted by atomic mass is 16.5. The van der Waals surface area contributed by atoms with Crippen LogP contribution < -0.4 is 5.73 Å². The van der Waals surface area contributed by atoms with E-state index in [-0.39, 0.29) is 12.1 Å². The van der Waals surface area contributed by atoms with Gasteiger partial charge in [0.1, 0.15) is 0 Å². The van der Waals surface area contributed by atoms with E-state index in [0.717, 1.165) is 6.42 Å². The minimum absolute atomic E-state index is 0.0867. The first-order valence-corrected chi connectivity index (χ1v) is 5.91. The van der Waals surface area contributed by atoms with Crippen LogP contribution in [0.15, 0.2) is 18.2 Å². The summed E-state index contributed by atoms with van der Waals surface area (Å²) in [5.74, 6) is 0. The zero-order valence-electron chi connectivity index (χ0n) is 10.8. The van der Waals surface area contributed by atoms with Gasteiger partial charge in [0.25, 0.3) is 0 Å². The van der Waals surface area contributed by atoms with Gasteiger partial charge >= 0.3 is 0 Å². The van der Waals surface area contributed by atoms with Crippen LogP contribution in [0.4, 0.5) is 0 Å². The van der Waals surface area contributed by atoms with Gasteiger partial charge in [-0.15, -0.1) is 0 Å². The fourth-order valence-electron chi connectivity index (χ4n) is 1.86. The van der Waals surface area contributed by atoms with Gasteiger partial charge in [0, 0.05) is 6.04 Å². The first-order chi connectivity index (χ1) is 7.47. The van der Waals surface area contributed by atoms with Gasteiger partial charge in [-0.25, -0.2) is 0 Å². The second kappa shape index (κ2) is 6.02. The largest absolute Gasteiger partial charge is 0.377 e. The average molecular weight is 221 g/mol. The molecule has 0 bridgehead atoms. The molecular weight excluding hydrogens is 198 g/mol. The SMILES string of the molecule is Cc1cc(C)cc(CC(N)COC(C)C)c1. The standard InChI is InChI=1S/C14H23NO/c1-10(2)16-9-14(15)8-13-6-11(3)5-12(4)7-13/h5-7,10,14H,8-9,15H2,1-4H3. The molecule has 16 heavy (non-hydrogen) atoms. The maximum atomic E-state index is 6.03. The molecule has 0 saturated heterocycles. The Balaban J connectivity index is 2.52. The summed E-state index contributed by atoms with van der Waals surface area (Å²) in [6.45, 7) is 8.93. The third kappa shape index (κ3) is 4.77. The van der Waals surface area contributed by atoms with Crippen LogP contribution in [0.3, 0.4) is 0 Å². The smallest absolute Gasteiger partial charge is 0.0624 e. The van der Waals surface area contributed by atoms with Crippen molar-refractivity contribution in [2.24, 2.45) is 5.73 Å². The van der Waals surface area contributed by atoms with Gasteiger partial charge in [0.15, 0.2) is 0 Å². The average Bonchev–Trinajstić information content (AvgIpc) is 2.12. The molecule has 0 radical (unpaired) electrons. The number of aryl methyl sites for hydroxylation is 2. The summed E-state index contributed by atoms with van der Waals surface area (Å²) in [5.41, 5.74) is 9.93. The van der Waals surface area contributed by atoms with Crippen molar-refractivity contribution in [2.45, 2.75) is 46.3 Å². The molecule has 0 saturated carbocycles. The van der Waals surface area contributed by atoms with Crippen LogP contribution in [-0.4, -0.2) is 18.8 Å². The Bertz CT molecular complexity index is 313. The van der Waals surface area contributed by atoms with Crippen LogP contribution in [0.25, 0.3) is 0 Å². The third-order valence-electron chi connectivity index (χ3n) is 2.42. The first-order valence-electron chi connectivity index (χ1n) is 5.91. The van der Waals surface area contributed by atoms with Crippen molar-refractivity contribution in [2.75, 3.05) is 6.61 Å². The van der Waals surface area contributed by atoms with E-state index in [0.29, 0.717) is 6.61 Å². The second-order valence-electron chi connectivity index (χ2n) is 4.84. The Hall–Kier alpha value is -0.860. The molecule has 2 N–H and O–H groups in total. The molecule has 0 fully saturated rings. The Morgan fingerprint density at radius 2 is 1.69 bits per heavy atom. The highest BCUT2D eigenvalue weighted by molar-refractivity contribution is 5.29. The maximum Gasteiger partial charge on any atom is 0.0624 e. The fourth-order valence-corrected chi connectivity index (χ4v) is 1.86. The number of ether oxygens (including phenoxy) is 1. The van der Waals surface area contributed by atoms with Gasteiger partial charge in [0.05, 0.1) is 12.7 Å². The molecule has 1 aromatic rings. The number of nitrogens with two attached hydrogens (primary N) is 1. The fraction of sp³-hybridized carbons (Fsp3) is 0.571. The number of benzene rings is 1. The molecule has 0 aliphatic heterocycles. The van der Waals surface area contributed by atoms with E-state index in [9.17, 15) is 0 Å². The molecule has 1 unspecified atom stereocenters. The minimum atomic E-state index is 0.0867. The van der Waals surface area contributed by atoms with Gasteiger partial charge in [-0.2, -0.15) is 0 Å². The van der Waals surface area contributed by atoms with E-state index in [4.69, 9.17) is 10.5 Å². The number of hydrogen-bond acceptors (Lipinski definition) is 2. The number of hydrogen-bond donors (Lipinski definition) is 1. The summed E-state index contributed by atoms with van der Waals surface area (Å²) < 4.78 is 5.51. The van der Waals surface area contributed by atoms with Crippen LogP contribution in [0.1, 0.15) is 30.5 Å². The molecule has 0 amide bonds. The van der Waals surface area contributed by atoms with Crippen molar-refractivity contribution in [3.8, 4) is 0 Å². The Morgan fingerprint density at radius 3 is 2.19 bits per heavy atom. The van der Waals surface area contributed by atoms with Crippen molar-refractivity contribution >= 4 is 0 Å². The van der Waals surface area contributed by atoms with Gasteiger partial charge in [-0.05, 0) is 39.7 Å². The number of rotatable bonds is 5. The predicted octanol–water partition coefficient (Wildman–Crippen LogP) is 2.60. The molecule has 1 atom stereocenters. The van der Waals surface area contributed by atoms with Crippen molar-refractivity contribution in [1.29, 1.82) is 0 Å². The molecule has 0 spiro atoms. The van der Waals surface area contributed by atoms with E-state index in [2.05, 4.69) is 32.0 Å². The first kappa shape index (κ1) is 13.2. The van der Waals surface area contributed by atoms with E-state index in [1.54, 1.807) is 0 Å². The normalized spacial score (nSPS) is 13.1. The highest BCUT2D eigenvalue weighted by Gasteiger charge is 2.06. The minimum Gasteiger partial charge on any atom is -0.377 e. The van der Waals surface area contributed by atoms with Crippen LogP contribution >= 0.6 is 0 Å². The zero-order chi connectivity index (χ0) is 12.1. The Morgan fingerprint density at radius 1 is 1.12 bits per heavy atom. The zero-order valence-corrected chi connectivity index (χ0v) is 10.8. The quantitative estimate of drug-likeness (QED) is 0.829. The molecule has 1 aromatic carbocycles. The Kier molecular flexibility index (Phi) is 4.97. The van der Waals surface area contributed by atoms with Crippen LogP contribution in [-0.2, 0) is 11.2 Å². The van der Waals surface area contributed by atoms with Crippen molar-refractivity contribution in [3.05, 3.63) is 34.9 Å². The summed E-state index contributed by atoms with van der Waals surface area (Å²) in [5, 5.41) is 0. The van der Waals surface area contributed by atoms with E-state index in [1.807, 2.05) is 13.8 Å². The maximum absolute atomic E-state index is 6.03. The van der Waals surface area contributed by atoms with Gasteiger partial charge in [-0.1, -0.05) is 29.3 Å².